The molecule has 0 fully saturated rings. The second-order valence-corrected chi connectivity index (χ2v) is 3.30. The van der Waals surface area contributed by atoms with Crippen molar-refractivity contribution in [3.05, 3.63) is 11.0 Å². The number of aryl methyl sites for hydroxylation is 1. The fraction of sp³-hybridized carbons (Fsp3) is 0.556. The highest BCUT2D eigenvalue weighted by Gasteiger charge is 2.06. The molecule has 0 radical (unpaired) electrons. The van der Waals surface area contributed by atoms with Gasteiger partial charge in [-0.3, -0.25) is 0 Å². The van der Waals surface area contributed by atoms with Gasteiger partial charge >= 0.3 is 0 Å². The molecule has 0 atom stereocenters. The highest BCUT2D eigenvalue weighted by atomic mass is 35.5. The van der Waals surface area contributed by atoms with Crippen molar-refractivity contribution in [3.63, 3.8) is 0 Å². The Morgan fingerprint density at radius 1 is 1.47 bits per heavy atom. The van der Waals surface area contributed by atoms with Gasteiger partial charge in [-0.05, 0) is 25.4 Å². The number of aromatic nitrogens is 2. The minimum atomic E-state index is 0.195. The number of hydrogen-bond acceptors (Lipinski definition) is 5. The Hall–Kier alpha value is -1.07. The zero-order chi connectivity index (χ0) is 11.3. The predicted octanol–water partition coefficient (Wildman–Crippen LogP) is 1.47. The molecule has 0 saturated heterocycles. The maximum Gasteiger partial charge on any atom is 0.224 e. The van der Waals surface area contributed by atoms with Crippen LogP contribution in [0.25, 0.3) is 0 Å². The van der Waals surface area contributed by atoms with E-state index in [1.54, 1.807) is 6.92 Å². The van der Waals surface area contributed by atoms with Crippen LogP contribution < -0.4 is 11.1 Å². The summed E-state index contributed by atoms with van der Waals surface area (Å²) in [6.07, 6.45) is 0. The molecule has 0 bridgehead atoms. The fourth-order valence-electron chi connectivity index (χ4n) is 1.07. The Morgan fingerprint density at radius 2 is 2.20 bits per heavy atom. The lowest BCUT2D eigenvalue weighted by atomic mass is 10.3. The Labute approximate surface area is 94.0 Å². The number of rotatable bonds is 5. The van der Waals surface area contributed by atoms with Gasteiger partial charge in [0.05, 0.1) is 18.0 Å². The summed E-state index contributed by atoms with van der Waals surface area (Å²) in [6, 6.07) is 0. The van der Waals surface area contributed by atoms with E-state index >= 15 is 0 Å². The van der Waals surface area contributed by atoms with Crippen LogP contribution in [0.4, 0.5) is 11.5 Å². The normalized spacial score (nSPS) is 10.3. The van der Waals surface area contributed by atoms with Gasteiger partial charge in [0.2, 0.25) is 5.28 Å². The molecule has 0 spiro atoms. The number of ether oxygens (including phenoxy) is 1. The summed E-state index contributed by atoms with van der Waals surface area (Å²) in [7, 11) is 0. The van der Waals surface area contributed by atoms with Crippen LogP contribution >= 0.6 is 11.6 Å². The number of nitrogens with zero attached hydrogens (tertiary/aromatic N) is 2. The molecule has 0 aliphatic carbocycles. The van der Waals surface area contributed by atoms with Gasteiger partial charge in [-0.15, -0.1) is 0 Å². The molecule has 0 amide bonds. The minimum absolute atomic E-state index is 0.195. The second kappa shape index (κ2) is 5.72. The summed E-state index contributed by atoms with van der Waals surface area (Å²) >= 11 is 5.71. The lowest BCUT2D eigenvalue weighted by Crippen LogP contribution is -2.13. The largest absolute Gasteiger partial charge is 0.394 e. The number of nitrogens with two attached hydrogens (primary N) is 1. The van der Waals surface area contributed by atoms with Crippen molar-refractivity contribution in [1.82, 2.24) is 9.97 Å². The van der Waals surface area contributed by atoms with Crippen molar-refractivity contribution in [3.8, 4) is 0 Å². The van der Waals surface area contributed by atoms with Gasteiger partial charge in [0.15, 0.2) is 5.82 Å². The average Bonchev–Trinajstić information content (AvgIpc) is 2.19. The first-order valence-corrected chi connectivity index (χ1v) is 5.14. The van der Waals surface area contributed by atoms with Crippen LogP contribution in [-0.4, -0.2) is 29.7 Å². The molecular weight excluding hydrogens is 216 g/mol. The highest BCUT2D eigenvalue weighted by Crippen LogP contribution is 2.19. The van der Waals surface area contributed by atoms with Crippen LogP contribution in [-0.2, 0) is 4.74 Å². The van der Waals surface area contributed by atoms with E-state index in [9.17, 15) is 0 Å². The van der Waals surface area contributed by atoms with Crippen molar-refractivity contribution in [1.29, 1.82) is 0 Å². The van der Waals surface area contributed by atoms with E-state index in [-0.39, 0.29) is 5.28 Å². The van der Waals surface area contributed by atoms with Crippen molar-refractivity contribution in [2.75, 3.05) is 30.8 Å². The molecule has 1 heterocycles. The van der Waals surface area contributed by atoms with E-state index in [2.05, 4.69) is 15.3 Å². The molecule has 1 rings (SSSR count). The molecule has 1 aromatic rings. The molecule has 3 N–H and O–H groups in total. The Bertz CT molecular complexity index is 332. The third kappa shape index (κ3) is 3.53. The number of halogens is 1. The van der Waals surface area contributed by atoms with Crippen LogP contribution in [0.2, 0.25) is 5.28 Å². The van der Waals surface area contributed by atoms with E-state index in [1.807, 2.05) is 6.92 Å². The number of nitrogens with one attached hydrogen (secondary N) is 1. The third-order valence-electron chi connectivity index (χ3n) is 1.85. The lowest BCUT2D eigenvalue weighted by Gasteiger charge is -2.09. The smallest absolute Gasteiger partial charge is 0.224 e. The summed E-state index contributed by atoms with van der Waals surface area (Å²) < 4.78 is 5.18. The maximum absolute atomic E-state index is 5.78. The molecular formula is C9H15ClN4O. The molecule has 5 nitrogen and oxygen atoms in total. The zero-order valence-electron chi connectivity index (χ0n) is 8.88. The first kappa shape index (κ1) is 12.0. The van der Waals surface area contributed by atoms with Gasteiger partial charge in [0.25, 0.3) is 0 Å². The van der Waals surface area contributed by atoms with Gasteiger partial charge in [0, 0.05) is 13.2 Å². The standard InChI is InChI=1S/C9H15ClN4O/c1-3-15-5-4-12-8-7(11)6(2)13-9(10)14-8/h3-5,11H2,1-2H3,(H,12,13,14). The van der Waals surface area contributed by atoms with E-state index < -0.39 is 0 Å². The second-order valence-electron chi connectivity index (χ2n) is 2.96. The third-order valence-corrected chi connectivity index (χ3v) is 2.02. The van der Waals surface area contributed by atoms with Crippen molar-refractivity contribution >= 4 is 23.1 Å². The van der Waals surface area contributed by atoms with E-state index in [4.69, 9.17) is 22.1 Å². The monoisotopic (exact) mass is 230 g/mol. The molecule has 0 aliphatic rings. The van der Waals surface area contributed by atoms with Crippen LogP contribution in [0.5, 0.6) is 0 Å². The molecule has 15 heavy (non-hydrogen) atoms. The summed E-state index contributed by atoms with van der Waals surface area (Å²) in [5.74, 6) is 0.562. The van der Waals surface area contributed by atoms with Crippen molar-refractivity contribution < 1.29 is 4.74 Å². The van der Waals surface area contributed by atoms with Crippen LogP contribution in [0, 0.1) is 6.92 Å². The predicted molar refractivity (Wildman–Crippen MR) is 61.2 cm³/mol. The van der Waals surface area contributed by atoms with Gasteiger partial charge in [-0.1, -0.05) is 0 Å². The first-order chi connectivity index (χ1) is 7.15. The zero-order valence-corrected chi connectivity index (χ0v) is 9.64. The van der Waals surface area contributed by atoms with E-state index in [0.717, 1.165) is 0 Å². The van der Waals surface area contributed by atoms with Crippen LogP contribution in [0.15, 0.2) is 0 Å². The fourth-order valence-corrected chi connectivity index (χ4v) is 1.28. The number of nitrogen functional groups attached to an aromatic ring is 1. The molecule has 1 aromatic heterocycles. The summed E-state index contributed by atoms with van der Waals surface area (Å²) in [6.45, 7) is 5.68. The number of anilines is 2. The summed E-state index contributed by atoms with van der Waals surface area (Å²) in [4.78, 5) is 7.93. The summed E-state index contributed by atoms with van der Waals surface area (Å²) in [5, 5.41) is 3.24. The van der Waals surface area contributed by atoms with E-state index in [0.29, 0.717) is 37.0 Å². The maximum atomic E-state index is 5.78. The molecule has 0 aliphatic heterocycles. The Morgan fingerprint density at radius 3 is 2.87 bits per heavy atom. The van der Waals surface area contributed by atoms with Crippen LogP contribution in [0.1, 0.15) is 12.6 Å². The van der Waals surface area contributed by atoms with Gasteiger partial charge in [-0.2, -0.15) is 4.98 Å². The molecule has 0 unspecified atom stereocenters. The summed E-state index contributed by atoms with van der Waals surface area (Å²) in [5.41, 5.74) is 6.98. The quantitative estimate of drug-likeness (QED) is 0.592. The lowest BCUT2D eigenvalue weighted by molar-refractivity contribution is 0.158. The van der Waals surface area contributed by atoms with Gasteiger partial charge in [-0.25, -0.2) is 4.98 Å². The number of hydrogen-bond donors (Lipinski definition) is 2. The molecule has 0 aromatic carbocycles. The Balaban J connectivity index is 2.60. The van der Waals surface area contributed by atoms with Gasteiger partial charge < -0.3 is 15.8 Å². The van der Waals surface area contributed by atoms with Crippen LogP contribution in [0.3, 0.4) is 0 Å². The Kier molecular flexibility index (Phi) is 4.58. The molecule has 6 heteroatoms. The minimum Gasteiger partial charge on any atom is -0.394 e. The average molecular weight is 231 g/mol. The van der Waals surface area contributed by atoms with E-state index in [1.165, 1.54) is 0 Å². The van der Waals surface area contributed by atoms with Crippen molar-refractivity contribution in [2.45, 2.75) is 13.8 Å². The molecule has 84 valence electrons. The highest BCUT2D eigenvalue weighted by molar-refractivity contribution is 6.28. The van der Waals surface area contributed by atoms with Crippen molar-refractivity contribution in [2.24, 2.45) is 0 Å². The van der Waals surface area contributed by atoms with Gasteiger partial charge in [0.1, 0.15) is 0 Å². The SMILES string of the molecule is CCOCCNc1nc(Cl)nc(C)c1N. The first-order valence-electron chi connectivity index (χ1n) is 4.76. The molecule has 0 saturated carbocycles. The topological polar surface area (TPSA) is 73.1 Å².